The molecule has 1 fully saturated rings. The topological polar surface area (TPSA) is 172 Å². The van der Waals surface area contributed by atoms with Crippen LogP contribution in [0.4, 0.5) is 0 Å². The number of hydrogen-bond donors (Lipinski definition) is 3. The number of aromatic amines is 1. The van der Waals surface area contributed by atoms with Gasteiger partial charge >= 0.3 is 5.97 Å². The molecule has 172 valence electrons. The van der Waals surface area contributed by atoms with Gasteiger partial charge in [0, 0.05) is 45.0 Å². The van der Waals surface area contributed by atoms with Gasteiger partial charge < -0.3 is 20.1 Å². The smallest absolute Gasteiger partial charge is 0.307 e. The largest absolute Gasteiger partial charge is 0.483 e. The molecule has 1 unspecified atom stereocenters. The third-order valence-corrected chi connectivity index (χ3v) is 5.47. The number of aromatic nitrogens is 5. The Balaban J connectivity index is 0.000000913. The molecular weight excluding hydrogens is 422 g/mol. The lowest BCUT2D eigenvalue weighted by Gasteiger charge is -2.33. The van der Waals surface area contributed by atoms with Crippen molar-refractivity contribution in [3.05, 3.63) is 29.1 Å². The number of nitrogens with zero attached hydrogens (tertiary/aromatic N) is 5. The minimum atomic E-state index is -1.10. The molecule has 2 amide bonds. The lowest BCUT2D eigenvalue weighted by molar-refractivity contribution is -0.163. The summed E-state index contributed by atoms with van der Waals surface area (Å²) in [4.78, 5) is 50.9. The summed E-state index contributed by atoms with van der Waals surface area (Å²) >= 11 is 0. The maximum Gasteiger partial charge on any atom is 0.307 e. The lowest BCUT2D eigenvalue weighted by Crippen LogP contribution is -2.48. The Hall–Kier alpha value is -3.77. The zero-order chi connectivity index (χ0) is 23.3. The van der Waals surface area contributed by atoms with Crippen LogP contribution in [0.2, 0.25) is 0 Å². The second-order valence-electron chi connectivity index (χ2n) is 7.62. The van der Waals surface area contributed by atoms with Crippen molar-refractivity contribution in [3.63, 3.8) is 0 Å². The van der Waals surface area contributed by atoms with E-state index in [4.69, 9.17) is 14.6 Å². The summed E-state index contributed by atoms with van der Waals surface area (Å²) < 4.78 is 6.91. The number of esters is 1. The van der Waals surface area contributed by atoms with Crippen LogP contribution >= 0.6 is 0 Å². The Kier molecular flexibility index (Phi) is 6.85. The van der Waals surface area contributed by atoms with Gasteiger partial charge in [0.15, 0.2) is 11.3 Å². The van der Waals surface area contributed by atoms with E-state index in [0.29, 0.717) is 44.6 Å². The molecule has 0 bridgehead atoms. The Labute approximate surface area is 183 Å². The normalized spacial score (nSPS) is 19.4. The number of hydrogen-bond acceptors (Lipinski definition) is 8. The van der Waals surface area contributed by atoms with Gasteiger partial charge in [0.2, 0.25) is 0 Å². The Morgan fingerprint density at radius 2 is 2.16 bits per heavy atom. The van der Waals surface area contributed by atoms with Crippen LogP contribution in [0.3, 0.4) is 0 Å². The summed E-state index contributed by atoms with van der Waals surface area (Å²) in [6.07, 6.45) is 3.18. The van der Waals surface area contributed by atoms with Crippen molar-refractivity contribution < 1.29 is 29.0 Å². The highest BCUT2D eigenvalue weighted by molar-refractivity contribution is 5.94. The molecule has 0 aliphatic carbocycles. The van der Waals surface area contributed by atoms with Gasteiger partial charge in [-0.2, -0.15) is 10.2 Å². The summed E-state index contributed by atoms with van der Waals surface area (Å²) in [5.74, 6) is -0.0376. The highest BCUT2D eigenvalue weighted by Gasteiger charge is 2.45. The predicted octanol–water partition coefficient (Wildman–Crippen LogP) is -0.808. The molecule has 4 rings (SSSR count). The van der Waals surface area contributed by atoms with Crippen LogP contribution in [0, 0.1) is 0 Å². The summed E-state index contributed by atoms with van der Waals surface area (Å²) in [5.41, 5.74) is 0.799. The van der Waals surface area contributed by atoms with Gasteiger partial charge in [-0.1, -0.05) is 0 Å². The molecule has 1 atom stereocenters. The van der Waals surface area contributed by atoms with Crippen molar-refractivity contribution in [3.8, 4) is 0 Å². The maximum atomic E-state index is 12.8. The number of ether oxygens (including phenoxy) is 1. The van der Waals surface area contributed by atoms with Crippen LogP contribution in [-0.4, -0.2) is 77.9 Å². The summed E-state index contributed by atoms with van der Waals surface area (Å²) in [5, 5.41) is 20.8. The third kappa shape index (κ3) is 4.76. The number of nitrogens with one attached hydrogen (secondary N) is 2. The fraction of sp³-hybridized carbons (Fsp3) is 0.526. The summed E-state index contributed by atoms with van der Waals surface area (Å²) in [7, 11) is 1.80. The van der Waals surface area contributed by atoms with Crippen molar-refractivity contribution in [1.29, 1.82) is 0 Å². The zero-order valence-electron chi connectivity index (χ0n) is 17.8. The monoisotopic (exact) mass is 447 g/mol. The first-order valence-electron chi connectivity index (χ1n) is 10.0. The van der Waals surface area contributed by atoms with Crippen LogP contribution in [0.15, 0.2) is 6.33 Å². The molecule has 2 aliphatic heterocycles. The molecule has 2 aromatic rings. The highest BCUT2D eigenvalue weighted by Crippen LogP contribution is 2.30. The van der Waals surface area contributed by atoms with Gasteiger partial charge in [-0.3, -0.25) is 29.0 Å². The minimum absolute atomic E-state index is 0.210. The quantitative estimate of drug-likeness (QED) is 0.391. The summed E-state index contributed by atoms with van der Waals surface area (Å²) in [6.45, 7) is 2.57. The Bertz CT molecular complexity index is 1020. The van der Waals surface area contributed by atoms with E-state index in [-0.39, 0.29) is 30.7 Å². The van der Waals surface area contributed by atoms with Crippen molar-refractivity contribution in [2.75, 3.05) is 13.1 Å². The number of aryl methyl sites for hydroxylation is 1. The molecule has 2 aliphatic rings. The lowest BCUT2D eigenvalue weighted by atomic mass is 9.98. The number of carbonyl (C=O) groups excluding carboxylic acids is 3. The first-order valence-corrected chi connectivity index (χ1v) is 10.0. The molecule has 4 heterocycles. The first kappa shape index (κ1) is 22.9. The van der Waals surface area contributed by atoms with Crippen LogP contribution in [-0.2, 0) is 45.6 Å². The first-order chi connectivity index (χ1) is 15.3. The predicted molar refractivity (Wildman–Crippen MR) is 107 cm³/mol. The van der Waals surface area contributed by atoms with Gasteiger partial charge in [0.05, 0.1) is 12.2 Å². The molecule has 0 aromatic carbocycles. The van der Waals surface area contributed by atoms with Crippen molar-refractivity contribution in [2.45, 2.75) is 44.8 Å². The van der Waals surface area contributed by atoms with Gasteiger partial charge in [0.25, 0.3) is 18.3 Å². The second kappa shape index (κ2) is 9.58. The van der Waals surface area contributed by atoms with E-state index in [0.717, 1.165) is 17.1 Å². The number of fused-ring (bicyclic) bond motifs is 1. The number of H-pyrrole nitrogens is 1. The molecule has 32 heavy (non-hydrogen) atoms. The van der Waals surface area contributed by atoms with Crippen LogP contribution < -0.4 is 5.32 Å². The number of rotatable bonds is 5. The minimum Gasteiger partial charge on any atom is -0.483 e. The maximum absolute atomic E-state index is 12.8. The zero-order valence-corrected chi connectivity index (χ0v) is 17.8. The Morgan fingerprint density at radius 3 is 2.78 bits per heavy atom. The van der Waals surface area contributed by atoms with E-state index in [9.17, 15) is 14.4 Å². The number of amides is 2. The van der Waals surface area contributed by atoms with Crippen LogP contribution in [0.25, 0.3) is 0 Å². The average molecular weight is 447 g/mol. The van der Waals surface area contributed by atoms with E-state index in [1.54, 1.807) is 23.6 Å². The molecule has 13 heteroatoms. The third-order valence-electron chi connectivity index (χ3n) is 5.47. The SMILES string of the molecule is Cn1ncnc1CCNC(=O)c1n[nH]c2c1CCN(C(=O)C1(C)CCC(=O)O1)C2.O=CO. The molecule has 2 aromatic heterocycles. The van der Waals surface area contributed by atoms with Crippen molar-refractivity contribution >= 4 is 24.3 Å². The molecule has 13 nitrogen and oxygen atoms in total. The molecular formula is C19H25N7O6. The summed E-state index contributed by atoms with van der Waals surface area (Å²) in [6, 6.07) is 0. The van der Waals surface area contributed by atoms with E-state index in [1.165, 1.54) is 6.33 Å². The van der Waals surface area contributed by atoms with Crippen molar-refractivity contribution in [2.24, 2.45) is 7.05 Å². The van der Waals surface area contributed by atoms with Gasteiger partial charge in [-0.15, -0.1) is 0 Å². The van der Waals surface area contributed by atoms with Gasteiger partial charge in [0.1, 0.15) is 12.2 Å². The number of carboxylic acid groups (broad SMARTS) is 1. The van der Waals surface area contributed by atoms with E-state index < -0.39 is 5.60 Å². The van der Waals surface area contributed by atoms with Gasteiger partial charge in [-0.05, 0) is 13.3 Å². The molecule has 1 saturated heterocycles. The molecule has 0 saturated carbocycles. The van der Waals surface area contributed by atoms with E-state index in [1.807, 2.05) is 0 Å². The Morgan fingerprint density at radius 1 is 1.41 bits per heavy atom. The molecule has 3 N–H and O–H groups in total. The van der Waals surface area contributed by atoms with Gasteiger partial charge in [-0.25, -0.2) is 4.98 Å². The second-order valence-corrected chi connectivity index (χ2v) is 7.62. The van der Waals surface area contributed by atoms with Crippen LogP contribution in [0.5, 0.6) is 0 Å². The number of cyclic esters (lactones) is 1. The molecule has 0 spiro atoms. The van der Waals surface area contributed by atoms with E-state index in [2.05, 4.69) is 25.6 Å². The number of carbonyl (C=O) groups is 4. The fourth-order valence-corrected chi connectivity index (χ4v) is 3.78. The van der Waals surface area contributed by atoms with Crippen LogP contribution in [0.1, 0.15) is 47.3 Å². The van der Waals surface area contributed by atoms with E-state index >= 15 is 0 Å². The van der Waals surface area contributed by atoms with Crippen molar-refractivity contribution in [1.82, 2.24) is 35.2 Å². The highest BCUT2D eigenvalue weighted by atomic mass is 16.6. The molecule has 0 radical (unpaired) electrons. The fourth-order valence-electron chi connectivity index (χ4n) is 3.78. The average Bonchev–Trinajstić information content (AvgIpc) is 3.47. The standard InChI is InChI=1S/C18H23N7O4.CH2O2/c1-18(6-3-14(26)29-18)17(28)25-8-5-11-12(9-25)22-23-15(11)16(27)19-7-4-13-20-10-21-24(13)2;2-1-3/h10H,3-9H2,1-2H3,(H,19,27)(H,22,23);1H,(H,2,3).